The molecule has 0 aromatic carbocycles. The van der Waals surface area contributed by atoms with E-state index in [0.717, 1.165) is 10.1 Å². The van der Waals surface area contributed by atoms with Crippen LogP contribution in [0.4, 0.5) is 9.93 Å². The van der Waals surface area contributed by atoms with E-state index in [2.05, 4.69) is 20.8 Å². The van der Waals surface area contributed by atoms with Crippen molar-refractivity contribution in [2.24, 2.45) is 0 Å². The van der Waals surface area contributed by atoms with E-state index in [1.165, 1.54) is 11.3 Å². The molecule has 8 heteroatoms. The fourth-order valence-electron chi connectivity index (χ4n) is 1.000. The molecule has 18 heavy (non-hydrogen) atoms. The van der Waals surface area contributed by atoms with E-state index in [9.17, 15) is 4.79 Å². The molecule has 0 radical (unpaired) electrons. The van der Waals surface area contributed by atoms with Gasteiger partial charge < -0.3 is 10.1 Å². The molecular weight excluding hydrogens is 272 g/mol. The summed E-state index contributed by atoms with van der Waals surface area (Å²) in [6, 6.07) is -0.271. The fraction of sp³-hybridized carbons (Fsp3) is 0.700. The van der Waals surface area contributed by atoms with E-state index in [-0.39, 0.29) is 11.6 Å². The Kier molecular flexibility index (Phi) is 5.83. The van der Waals surface area contributed by atoms with Crippen molar-refractivity contribution in [2.45, 2.75) is 30.6 Å². The summed E-state index contributed by atoms with van der Waals surface area (Å²) in [5, 5.41) is 13.8. The van der Waals surface area contributed by atoms with Gasteiger partial charge in [0.15, 0.2) is 4.34 Å². The highest BCUT2D eigenvalue weighted by atomic mass is 32.2. The molecule has 2 amide bonds. The molecule has 1 rings (SSSR count). The van der Waals surface area contributed by atoms with Gasteiger partial charge in [-0.15, -0.1) is 10.2 Å². The van der Waals surface area contributed by atoms with Gasteiger partial charge in [0.05, 0.1) is 6.61 Å². The first-order valence-electron chi connectivity index (χ1n) is 5.45. The molecule has 0 aliphatic rings. The Labute approximate surface area is 115 Å². The lowest BCUT2D eigenvalue weighted by molar-refractivity contribution is 0.218. The van der Waals surface area contributed by atoms with E-state index in [1.807, 2.05) is 20.8 Å². The van der Waals surface area contributed by atoms with Crippen LogP contribution >= 0.6 is 23.1 Å². The number of anilines is 1. The molecule has 102 valence electrons. The van der Waals surface area contributed by atoms with Gasteiger partial charge in [-0.3, -0.25) is 5.32 Å². The number of aromatic nitrogens is 2. The van der Waals surface area contributed by atoms with Crippen LogP contribution in [-0.2, 0) is 4.74 Å². The molecule has 0 atom stereocenters. The summed E-state index contributed by atoms with van der Waals surface area (Å²) in [5.41, 5.74) is -0.273. The SMILES string of the molecule is COCCSc1nnc(NC(=O)NC(C)(C)C)s1. The molecule has 1 heterocycles. The Balaban J connectivity index is 2.41. The zero-order valence-corrected chi connectivity index (χ0v) is 12.6. The summed E-state index contributed by atoms with van der Waals surface area (Å²) in [6.07, 6.45) is 0. The highest BCUT2D eigenvalue weighted by molar-refractivity contribution is 8.01. The van der Waals surface area contributed by atoms with Crippen molar-refractivity contribution in [3.8, 4) is 0 Å². The highest BCUT2D eigenvalue weighted by Crippen LogP contribution is 2.25. The van der Waals surface area contributed by atoms with Crippen molar-refractivity contribution in [1.29, 1.82) is 0 Å². The Hall–Kier alpha value is -0.860. The molecule has 1 aromatic heterocycles. The second kappa shape index (κ2) is 6.91. The van der Waals surface area contributed by atoms with Crippen molar-refractivity contribution in [3.05, 3.63) is 0 Å². The Morgan fingerprint density at radius 1 is 1.44 bits per heavy atom. The minimum Gasteiger partial charge on any atom is -0.384 e. The number of carbonyl (C=O) groups excluding carboxylic acids is 1. The topological polar surface area (TPSA) is 76.1 Å². The summed E-state index contributed by atoms with van der Waals surface area (Å²) in [6.45, 7) is 6.41. The number of amides is 2. The van der Waals surface area contributed by atoms with Gasteiger partial charge in [0.2, 0.25) is 5.13 Å². The Morgan fingerprint density at radius 2 is 2.17 bits per heavy atom. The lowest BCUT2D eigenvalue weighted by atomic mass is 10.1. The number of hydrogen-bond acceptors (Lipinski definition) is 6. The van der Waals surface area contributed by atoms with Gasteiger partial charge in [-0.2, -0.15) is 0 Å². The molecule has 0 fully saturated rings. The number of urea groups is 1. The first-order chi connectivity index (χ1) is 8.40. The highest BCUT2D eigenvalue weighted by Gasteiger charge is 2.15. The molecule has 0 aliphatic heterocycles. The number of hydrogen-bond donors (Lipinski definition) is 2. The van der Waals surface area contributed by atoms with Crippen LogP contribution in [-0.4, -0.2) is 41.2 Å². The third kappa shape index (κ3) is 6.18. The van der Waals surface area contributed by atoms with Crippen LogP contribution in [0.5, 0.6) is 0 Å². The maximum atomic E-state index is 11.6. The van der Waals surface area contributed by atoms with Crippen LogP contribution in [0.25, 0.3) is 0 Å². The molecule has 0 bridgehead atoms. The molecule has 2 N–H and O–H groups in total. The second-order valence-electron chi connectivity index (χ2n) is 4.54. The van der Waals surface area contributed by atoms with Crippen LogP contribution in [0.3, 0.4) is 0 Å². The van der Waals surface area contributed by atoms with Gasteiger partial charge >= 0.3 is 6.03 Å². The largest absolute Gasteiger partial charge is 0.384 e. The van der Waals surface area contributed by atoms with E-state index in [1.54, 1.807) is 18.9 Å². The molecule has 0 saturated carbocycles. The quantitative estimate of drug-likeness (QED) is 0.494. The van der Waals surface area contributed by atoms with Crippen molar-refractivity contribution in [3.63, 3.8) is 0 Å². The van der Waals surface area contributed by atoms with Crippen LogP contribution in [0.1, 0.15) is 20.8 Å². The number of ether oxygens (including phenoxy) is 1. The molecule has 0 unspecified atom stereocenters. The maximum absolute atomic E-state index is 11.6. The molecular formula is C10H18N4O2S2. The second-order valence-corrected chi connectivity index (χ2v) is 6.86. The van der Waals surface area contributed by atoms with Gasteiger partial charge in [0, 0.05) is 18.4 Å². The van der Waals surface area contributed by atoms with Gasteiger partial charge in [-0.1, -0.05) is 23.1 Å². The first-order valence-corrected chi connectivity index (χ1v) is 7.25. The minimum absolute atomic E-state index is 0.271. The summed E-state index contributed by atoms with van der Waals surface area (Å²) in [7, 11) is 1.66. The van der Waals surface area contributed by atoms with Gasteiger partial charge in [-0.25, -0.2) is 4.79 Å². The summed E-state index contributed by atoms with van der Waals surface area (Å²) in [4.78, 5) is 11.6. The number of nitrogens with zero attached hydrogens (tertiary/aromatic N) is 2. The predicted octanol–water partition coefficient (Wildman–Crippen LogP) is 2.20. The molecule has 6 nitrogen and oxygen atoms in total. The lowest BCUT2D eigenvalue weighted by Crippen LogP contribution is -2.43. The van der Waals surface area contributed by atoms with Crippen LogP contribution in [0.15, 0.2) is 4.34 Å². The van der Waals surface area contributed by atoms with Crippen LogP contribution < -0.4 is 10.6 Å². The first kappa shape index (κ1) is 15.2. The normalized spacial score (nSPS) is 11.3. The minimum atomic E-state index is -0.273. The molecule has 0 saturated heterocycles. The van der Waals surface area contributed by atoms with E-state index in [4.69, 9.17) is 4.74 Å². The smallest absolute Gasteiger partial charge is 0.321 e. The summed E-state index contributed by atoms with van der Waals surface area (Å²) in [5.74, 6) is 0.819. The predicted molar refractivity (Wildman–Crippen MR) is 74.4 cm³/mol. The fourth-order valence-corrected chi connectivity index (χ4v) is 2.72. The third-order valence-electron chi connectivity index (χ3n) is 1.63. The average Bonchev–Trinajstić information content (AvgIpc) is 2.63. The average molecular weight is 290 g/mol. The molecule has 0 aliphatic carbocycles. The van der Waals surface area contributed by atoms with Gasteiger partial charge in [-0.05, 0) is 20.8 Å². The lowest BCUT2D eigenvalue weighted by Gasteiger charge is -2.19. The number of carbonyl (C=O) groups is 1. The summed E-state index contributed by atoms with van der Waals surface area (Å²) >= 11 is 2.91. The number of rotatable bonds is 5. The monoisotopic (exact) mass is 290 g/mol. The maximum Gasteiger partial charge on any atom is 0.321 e. The number of nitrogens with one attached hydrogen (secondary N) is 2. The Morgan fingerprint density at radius 3 is 2.78 bits per heavy atom. The van der Waals surface area contributed by atoms with Crippen molar-refractivity contribution < 1.29 is 9.53 Å². The third-order valence-corrected chi connectivity index (χ3v) is 3.56. The van der Waals surface area contributed by atoms with Crippen molar-refractivity contribution >= 4 is 34.3 Å². The number of thioether (sulfide) groups is 1. The Bertz CT molecular complexity index is 389. The van der Waals surface area contributed by atoms with Gasteiger partial charge in [0.25, 0.3) is 0 Å². The van der Waals surface area contributed by atoms with E-state index < -0.39 is 0 Å². The van der Waals surface area contributed by atoms with Crippen molar-refractivity contribution in [1.82, 2.24) is 15.5 Å². The van der Waals surface area contributed by atoms with E-state index >= 15 is 0 Å². The molecule has 1 aromatic rings. The molecule has 0 spiro atoms. The van der Waals surface area contributed by atoms with Crippen molar-refractivity contribution in [2.75, 3.05) is 24.8 Å². The number of methoxy groups -OCH3 is 1. The summed E-state index contributed by atoms with van der Waals surface area (Å²) < 4.78 is 5.76. The zero-order chi connectivity index (χ0) is 13.6. The van der Waals surface area contributed by atoms with Gasteiger partial charge in [0.1, 0.15) is 0 Å². The van der Waals surface area contributed by atoms with Crippen LogP contribution in [0.2, 0.25) is 0 Å². The standard InChI is InChI=1S/C10H18N4O2S2/c1-10(2,3)12-7(15)11-8-13-14-9(18-8)17-6-5-16-4/h5-6H2,1-4H3,(H2,11,12,13,15). The zero-order valence-electron chi connectivity index (χ0n) is 10.9. The van der Waals surface area contributed by atoms with E-state index in [0.29, 0.717) is 11.7 Å². The van der Waals surface area contributed by atoms with Crippen LogP contribution in [0, 0.1) is 0 Å².